The van der Waals surface area contributed by atoms with Crippen LogP contribution in [0.1, 0.15) is 37.5 Å². The van der Waals surface area contributed by atoms with Gasteiger partial charge in [0.15, 0.2) is 0 Å². The number of benzene rings is 3. The maximum absolute atomic E-state index is 14.2. The van der Waals surface area contributed by atoms with Crippen molar-refractivity contribution in [3.63, 3.8) is 0 Å². The van der Waals surface area contributed by atoms with E-state index in [-0.39, 0.29) is 24.6 Å². The van der Waals surface area contributed by atoms with E-state index in [1.54, 1.807) is 43.3 Å². The van der Waals surface area contributed by atoms with Crippen molar-refractivity contribution in [2.45, 2.75) is 52.2 Å². The van der Waals surface area contributed by atoms with Crippen molar-refractivity contribution < 1.29 is 18.0 Å². The monoisotopic (exact) mass is 637 g/mol. The topological polar surface area (TPSA) is 86.8 Å². The van der Waals surface area contributed by atoms with E-state index in [0.29, 0.717) is 26.2 Å². The Labute approximate surface area is 257 Å². The van der Waals surface area contributed by atoms with Crippen LogP contribution >= 0.6 is 34.8 Å². The van der Waals surface area contributed by atoms with Gasteiger partial charge in [-0.15, -0.1) is 0 Å². The van der Waals surface area contributed by atoms with Gasteiger partial charge < -0.3 is 10.2 Å². The zero-order chi connectivity index (χ0) is 30.5. The second-order valence-electron chi connectivity index (χ2n) is 10.9. The third kappa shape index (κ3) is 9.10. The first-order valence-corrected chi connectivity index (χ1v) is 15.9. The first-order chi connectivity index (χ1) is 19.1. The first-order valence-electron chi connectivity index (χ1n) is 12.9. The number of hydrogen-bond acceptors (Lipinski definition) is 4. The van der Waals surface area contributed by atoms with Gasteiger partial charge in [0.05, 0.1) is 11.9 Å². The molecule has 3 aromatic rings. The summed E-state index contributed by atoms with van der Waals surface area (Å²) < 4.78 is 27.0. The molecule has 3 aromatic carbocycles. The van der Waals surface area contributed by atoms with Crippen LogP contribution in [0.25, 0.3) is 0 Å². The molecule has 0 aliphatic carbocycles. The molecule has 220 valence electrons. The van der Waals surface area contributed by atoms with Gasteiger partial charge in [-0.3, -0.25) is 13.9 Å². The van der Waals surface area contributed by atoms with E-state index in [2.05, 4.69) is 5.32 Å². The van der Waals surface area contributed by atoms with Crippen LogP contribution in [0.15, 0.2) is 66.7 Å². The molecule has 0 aliphatic heterocycles. The molecule has 3 rings (SSSR count). The van der Waals surface area contributed by atoms with Crippen LogP contribution in [-0.2, 0) is 32.6 Å². The second kappa shape index (κ2) is 13.5. The Balaban J connectivity index is 2.13. The number of nitrogens with one attached hydrogen (secondary N) is 1. The Kier molecular flexibility index (Phi) is 10.7. The van der Waals surface area contributed by atoms with Crippen LogP contribution < -0.4 is 9.62 Å². The quantitative estimate of drug-likeness (QED) is 0.283. The van der Waals surface area contributed by atoms with Crippen molar-refractivity contribution in [3.05, 3.63) is 98.5 Å². The number of amides is 2. The molecule has 7 nitrogen and oxygen atoms in total. The summed E-state index contributed by atoms with van der Waals surface area (Å²) in [5.41, 5.74) is 1.57. The molecule has 0 unspecified atom stereocenters. The highest BCUT2D eigenvalue weighted by Gasteiger charge is 2.35. The minimum Gasteiger partial charge on any atom is -0.350 e. The zero-order valence-electron chi connectivity index (χ0n) is 23.6. The molecule has 0 fully saturated rings. The van der Waals surface area contributed by atoms with E-state index in [9.17, 15) is 18.0 Å². The standard InChI is InChI=1S/C30H34Cl3N3O4S/c1-20-24(32)12-9-13-26(20)36(41(5,39)40)19-28(37)35(18-22-14-15-23(31)17-25(22)33)27(29(38)34-30(2,3)4)16-21-10-7-6-8-11-21/h6-15,17,27H,16,18-19H2,1-5H3,(H,34,38)/t27-/m0/s1. The SMILES string of the molecule is Cc1c(Cl)cccc1N(CC(=O)N(Cc1ccc(Cl)cc1Cl)[C@@H](Cc1ccccc1)C(=O)NC(C)(C)C)S(C)(=O)=O. The van der Waals surface area contributed by atoms with Crippen molar-refractivity contribution in [1.82, 2.24) is 10.2 Å². The van der Waals surface area contributed by atoms with E-state index < -0.39 is 34.1 Å². The lowest BCUT2D eigenvalue weighted by atomic mass is 10.0. The van der Waals surface area contributed by atoms with Gasteiger partial charge in [-0.2, -0.15) is 0 Å². The average Bonchev–Trinajstić information content (AvgIpc) is 2.86. The fourth-order valence-corrected chi connectivity index (χ4v) is 5.84. The second-order valence-corrected chi connectivity index (χ2v) is 14.0. The Morgan fingerprint density at radius 1 is 0.927 bits per heavy atom. The lowest BCUT2D eigenvalue weighted by molar-refractivity contribution is -0.140. The summed E-state index contributed by atoms with van der Waals surface area (Å²) in [6, 6.07) is 18.0. The molecule has 0 radical (unpaired) electrons. The predicted octanol–water partition coefficient (Wildman–Crippen LogP) is 6.28. The van der Waals surface area contributed by atoms with Crippen molar-refractivity contribution in [2.24, 2.45) is 0 Å². The number of carbonyl (C=O) groups excluding carboxylic acids is 2. The highest BCUT2D eigenvalue weighted by Crippen LogP contribution is 2.29. The molecular formula is C30H34Cl3N3O4S. The molecule has 11 heteroatoms. The van der Waals surface area contributed by atoms with Gasteiger partial charge in [0, 0.05) is 33.6 Å². The third-order valence-corrected chi connectivity index (χ3v) is 8.43. The Hall–Kier alpha value is -2.78. The number of nitrogens with zero attached hydrogens (tertiary/aromatic N) is 2. The molecule has 1 N–H and O–H groups in total. The summed E-state index contributed by atoms with van der Waals surface area (Å²) in [6.45, 7) is 6.61. The number of halogens is 3. The van der Waals surface area contributed by atoms with E-state index >= 15 is 0 Å². The summed E-state index contributed by atoms with van der Waals surface area (Å²) in [7, 11) is -3.92. The van der Waals surface area contributed by atoms with E-state index in [1.165, 1.54) is 4.90 Å². The maximum Gasteiger partial charge on any atom is 0.244 e. The van der Waals surface area contributed by atoms with Gasteiger partial charge in [-0.1, -0.05) is 77.3 Å². The normalized spacial score (nSPS) is 12.5. The van der Waals surface area contributed by atoms with Gasteiger partial charge in [0.1, 0.15) is 12.6 Å². The molecule has 0 heterocycles. The fraction of sp³-hybridized carbons (Fsp3) is 0.333. The van der Waals surface area contributed by atoms with Gasteiger partial charge in [0.2, 0.25) is 21.8 Å². The minimum atomic E-state index is -3.92. The molecule has 0 aromatic heterocycles. The van der Waals surface area contributed by atoms with Gasteiger partial charge >= 0.3 is 0 Å². The van der Waals surface area contributed by atoms with Crippen LogP contribution in [0.2, 0.25) is 15.1 Å². The molecule has 2 amide bonds. The van der Waals surface area contributed by atoms with Crippen LogP contribution in [0.3, 0.4) is 0 Å². The van der Waals surface area contributed by atoms with Crippen LogP contribution in [0, 0.1) is 6.92 Å². The van der Waals surface area contributed by atoms with Crippen molar-refractivity contribution in [1.29, 1.82) is 0 Å². The summed E-state index contributed by atoms with van der Waals surface area (Å²) in [5, 5.41) is 4.08. The van der Waals surface area contributed by atoms with Gasteiger partial charge in [0.25, 0.3) is 0 Å². The van der Waals surface area contributed by atoms with Crippen molar-refractivity contribution >= 4 is 62.3 Å². The zero-order valence-corrected chi connectivity index (χ0v) is 26.7. The van der Waals surface area contributed by atoms with E-state index in [1.807, 2.05) is 51.1 Å². The van der Waals surface area contributed by atoms with Crippen LogP contribution in [-0.4, -0.2) is 49.5 Å². The Morgan fingerprint density at radius 3 is 2.17 bits per heavy atom. The molecule has 0 spiro atoms. The molecule has 0 saturated carbocycles. The molecule has 0 bridgehead atoms. The third-order valence-electron chi connectivity index (χ3n) is 6.31. The summed E-state index contributed by atoms with van der Waals surface area (Å²) in [4.78, 5) is 29.3. The van der Waals surface area contributed by atoms with E-state index in [0.717, 1.165) is 16.1 Å². The van der Waals surface area contributed by atoms with Crippen LogP contribution in [0.5, 0.6) is 0 Å². The first kappa shape index (κ1) is 32.7. The maximum atomic E-state index is 14.2. The molecule has 0 aliphatic rings. The molecular weight excluding hydrogens is 605 g/mol. The van der Waals surface area contributed by atoms with Crippen LogP contribution in [0.4, 0.5) is 5.69 Å². The highest BCUT2D eigenvalue weighted by atomic mass is 35.5. The summed E-state index contributed by atoms with van der Waals surface area (Å²) >= 11 is 18.9. The Morgan fingerprint density at radius 2 is 1.59 bits per heavy atom. The Bertz CT molecular complexity index is 1510. The number of hydrogen-bond donors (Lipinski definition) is 1. The van der Waals surface area contributed by atoms with Gasteiger partial charge in [-0.05, 0) is 68.7 Å². The summed E-state index contributed by atoms with van der Waals surface area (Å²) in [5.74, 6) is -0.976. The number of sulfonamides is 1. The average molecular weight is 639 g/mol. The van der Waals surface area contributed by atoms with Crippen molar-refractivity contribution in [2.75, 3.05) is 17.1 Å². The smallest absolute Gasteiger partial charge is 0.244 e. The molecule has 41 heavy (non-hydrogen) atoms. The van der Waals surface area contributed by atoms with E-state index in [4.69, 9.17) is 34.8 Å². The van der Waals surface area contributed by atoms with Gasteiger partial charge in [-0.25, -0.2) is 8.42 Å². The predicted molar refractivity (Wildman–Crippen MR) is 167 cm³/mol. The largest absolute Gasteiger partial charge is 0.350 e. The number of rotatable bonds is 10. The molecule has 0 saturated heterocycles. The number of anilines is 1. The lowest BCUT2D eigenvalue weighted by Crippen LogP contribution is -2.56. The molecule has 1 atom stereocenters. The fourth-order valence-electron chi connectivity index (χ4n) is 4.30. The lowest BCUT2D eigenvalue weighted by Gasteiger charge is -2.35. The van der Waals surface area contributed by atoms with Crippen molar-refractivity contribution in [3.8, 4) is 0 Å². The highest BCUT2D eigenvalue weighted by molar-refractivity contribution is 7.92. The number of carbonyl (C=O) groups is 2. The summed E-state index contributed by atoms with van der Waals surface area (Å²) in [6.07, 6.45) is 1.21. The minimum absolute atomic E-state index is 0.0595.